The van der Waals surface area contributed by atoms with Gasteiger partial charge in [0.25, 0.3) is 10.0 Å². The predicted octanol–water partition coefficient (Wildman–Crippen LogP) is 0.259. The molecule has 1 aromatic heterocycles. The summed E-state index contributed by atoms with van der Waals surface area (Å²) in [4.78, 5) is 16.7. The summed E-state index contributed by atoms with van der Waals surface area (Å²) in [7, 11) is -1.99. The molecule has 0 atom stereocenters. The maximum absolute atomic E-state index is 12.1. The lowest BCUT2D eigenvalue weighted by Crippen LogP contribution is -2.50. The number of thiazole rings is 1. The zero-order chi connectivity index (χ0) is 12.6. The standard InChI is InChI=1S/C8H10ClN3O3S2/c1-11-2-3-12(5-6(11)13)17(14,15)7-4-10-8(9)16-7/h4H,2-3,5H2,1H3. The van der Waals surface area contributed by atoms with Crippen LogP contribution in [0, 0.1) is 0 Å². The van der Waals surface area contributed by atoms with Gasteiger partial charge in [-0.15, -0.1) is 0 Å². The average molecular weight is 296 g/mol. The van der Waals surface area contributed by atoms with E-state index in [1.807, 2.05) is 0 Å². The van der Waals surface area contributed by atoms with Crippen molar-refractivity contribution in [2.45, 2.75) is 4.21 Å². The van der Waals surface area contributed by atoms with Crippen LogP contribution >= 0.6 is 22.9 Å². The molecule has 1 aromatic rings. The molecule has 1 aliphatic heterocycles. The van der Waals surface area contributed by atoms with Gasteiger partial charge < -0.3 is 4.90 Å². The number of amides is 1. The first-order valence-corrected chi connectivity index (χ1v) is 7.40. The summed E-state index contributed by atoms with van der Waals surface area (Å²) in [5.74, 6) is -0.213. The van der Waals surface area contributed by atoms with E-state index in [4.69, 9.17) is 11.6 Å². The van der Waals surface area contributed by atoms with Crippen LogP contribution in [0.5, 0.6) is 0 Å². The van der Waals surface area contributed by atoms with Crippen LogP contribution in [0.2, 0.25) is 4.47 Å². The van der Waals surface area contributed by atoms with E-state index in [1.165, 1.54) is 11.1 Å². The summed E-state index contributed by atoms with van der Waals surface area (Å²) in [5.41, 5.74) is 0. The van der Waals surface area contributed by atoms with Crippen molar-refractivity contribution < 1.29 is 13.2 Å². The van der Waals surface area contributed by atoms with Gasteiger partial charge in [0.05, 0.1) is 12.7 Å². The number of aromatic nitrogens is 1. The maximum Gasteiger partial charge on any atom is 0.254 e. The number of hydrogen-bond acceptors (Lipinski definition) is 5. The second-order valence-electron chi connectivity index (χ2n) is 3.59. The van der Waals surface area contributed by atoms with Gasteiger partial charge in [0.15, 0.2) is 8.68 Å². The quantitative estimate of drug-likeness (QED) is 0.785. The Morgan fingerprint density at radius 2 is 2.18 bits per heavy atom. The van der Waals surface area contributed by atoms with Gasteiger partial charge in [-0.05, 0) is 0 Å². The Labute approximate surface area is 108 Å². The van der Waals surface area contributed by atoms with Crippen molar-refractivity contribution in [3.63, 3.8) is 0 Å². The summed E-state index contributed by atoms with van der Waals surface area (Å²) in [6.07, 6.45) is 1.21. The lowest BCUT2D eigenvalue weighted by atomic mass is 10.4. The number of rotatable bonds is 2. The van der Waals surface area contributed by atoms with Gasteiger partial charge >= 0.3 is 0 Å². The number of piperazine rings is 1. The number of halogens is 1. The second-order valence-corrected chi connectivity index (χ2v) is 7.36. The minimum atomic E-state index is -3.64. The van der Waals surface area contributed by atoms with Gasteiger partial charge in [-0.1, -0.05) is 22.9 Å². The van der Waals surface area contributed by atoms with Gasteiger partial charge in [-0.25, -0.2) is 13.4 Å². The van der Waals surface area contributed by atoms with Crippen LogP contribution in [-0.4, -0.2) is 55.2 Å². The Kier molecular flexibility index (Phi) is 3.39. The van der Waals surface area contributed by atoms with Crippen molar-refractivity contribution in [3.05, 3.63) is 10.7 Å². The number of likely N-dealkylation sites (N-methyl/N-ethyl adjacent to an activating group) is 1. The lowest BCUT2D eigenvalue weighted by Gasteiger charge is -2.30. The van der Waals surface area contributed by atoms with E-state index < -0.39 is 10.0 Å². The van der Waals surface area contributed by atoms with Gasteiger partial charge in [0.2, 0.25) is 5.91 Å². The molecule has 0 radical (unpaired) electrons. The first-order valence-electron chi connectivity index (χ1n) is 4.76. The highest BCUT2D eigenvalue weighted by atomic mass is 35.5. The highest BCUT2D eigenvalue weighted by Crippen LogP contribution is 2.26. The van der Waals surface area contributed by atoms with E-state index in [0.29, 0.717) is 13.1 Å². The molecule has 0 aromatic carbocycles. The monoisotopic (exact) mass is 295 g/mol. The SMILES string of the molecule is CN1CCN(S(=O)(=O)c2cnc(Cl)s2)CC1=O. The van der Waals surface area contributed by atoms with Gasteiger partial charge in [0, 0.05) is 20.1 Å². The summed E-state index contributed by atoms with van der Waals surface area (Å²) < 4.78 is 25.6. The number of hydrogen-bond donors (Lipinski definition) is 0. The van der Waals surface area contributed by atoms with Crippen LogP contribution in [0.25, 0.3) is 0 Å². The fourth-order valence-electron chi connectivity index (χ4n) is 1.43. The Morgan fingerprint density at radius 3 is 2.71 bits per heavy atom. The van der Waals surface area contributed by atoms with Crippen LogP contribution in [0.3, 0.4) is 0 Å². The number of nitrogens with zero attached hydrogens (tertiary/aromatic N) is 3. The fraction of sp³-hybridized carbons (Fsp3) is 0.500. The molecule has 1 amide bonds. The topological polar surface area (TPSA) is 70.6 Å². The molecule has 2 heterocycles. The molecule has 1 saturated heterocycles. The zero-order valence-electron chi connectivity index (χ0n) is 8.96. The van der Waals surface area contributed by atoms with E-state index in [1.54, 1.807) is 7.05 Å². The van der Waals surface area contributed by atoms with Crippen LogP contribution in [0.15, 0.2) is 10.4 Å². The summed E-state index contributed by atoms with van der Waals surface area (Å²) >= 11 is 6.50. The van der Waals surface area contributed by atoms with Crippen molar-refractivity contribution >= 4 is 38.9 Å². The van der Waals surface area contributed by atoms with Crippen LogP contribution in [0.4, 0.5) is 0 Å². The van der Waals surface area contributed by atoms with Crippen LogP contribution in [-0.2, 0) is 14.8 Å². The second kappa shape index (κ2) is 4.52. The van der Waals surface area contributed by atoms with Gasteiger partial charge in [0.1, 0.15) is 0 Å². The molecule has 6 nitrogen and oxygen atoms in total. The number of carbonyl (C=O) groups is 1. The van der Waals surface area contributed by atoms with Crippen molar-refractivity contribution in [3.8, 4) is 0 Å². The molecule has 94 valence electrons. The van der Waals surface area contributed by atoms with E-state index in [-0.39, 0.29) is 21.1 Å². The van der Waals surface area contributed by atoms with Gasteiger partial charge in [-0.2, -0.15) is 4.31 Å². The molecule has 0 bridgehead atoms. The van der Waals surface area contributed by atoms with Crippen LogP contribution in [0.1, 0.15) is 0 Å². The van der Waals surface area contributed by atoms with E-state index in [2.05, 4.69) is 4.98 Å². The molecular formula is C8H10ClN3O3S2. The highest BCUT2D eigenvalue weighted by molar-refractivity contribution is 7.91. The molecule has 0 N–H and O–H groups in total. The van der Waals surface area contributed by atoms with Crippen LogP contribution < -0.4 is 0 Å². The third-order valence-electron chi connectivity index (χ3n) is 2.47. The van der Waals surface area contributed by atoms with Crippen molar-refractivity contribution in [2.75, 3.05) is 26.7 Å². The zero-order valence-corrected chi connectivity index (χ0v) is 11.3. The molecule has 1 aliphatic rings. The van der Waals surface area contributed by atoms with E-state index in [9.17, 15) is 13.2 Å². The minimum Gasteiger partial charge on any atom is -0.343 e. The number of sulfonamides is 1. The van der Waals surface area contributed by atoms with Crippen molar-refractivity contribution in [1.82, 2.24) is 14.2 Å². The molecule has 2 rings (SSSR count). The average Bonchev–Trinajstić information content (AvgIpc) is 2.69. The molecule has 9 heteroatoms. The number of carbonyl (C=O) groups excluding carboxylic acids is 1. The van der Waals surface area contributed by atoms with Crippen molar-refractivity contribution in [1.29, 1.82) is 0 Å². The Morgan fingerprint density at radius 1 is 1.47 bits per heavy atom. The minimum absolute atomic E-state index is 0.0693. The van der Waals surface area contributed by atoms with Gasteiger partial charge in [-0.3, -0.25) is 4.79 Å². The molecule has 0 unspecified atom stereocenters. The normalized spacial score (nSPS) is 18.7. The molecule has 1 fully saturated rings. The molecular weight excluding hydrogens is 286 g/mol. The molecule has 0 spiro atoms. The third kappa shape index (κ3) is 2.44. The Balaban J connectivity index is 2.25. The molecule has 17 heavy (non-hydrogen) atoms. The predicted molar refractivity (Wildman–Crippen MR) is 63.5 cm³/mol. The summed E-state index contributed by atoms with van der Waals surface area (Å²) in [6.45, 7) is 0.555. The van der Waals surface area contributed by atoms with Crippen molar-refractivity contribution in [2.24, 2.45) is 0 Å². The Hall–Kier alpha value is -0.700. The fourth-order valence-corrected chi connectivity index (χ4v) is 4.26. The smallest absolute Gasteiger partial charge is 0.254 e. The highest BCUT2D eigenvalue weighted by Gasteiger charge is 2.32. The Bertz CT molecular complexity index is 542. The lowest BCUT2D eigenvalue weighted by molar-refractivity contribution is -0.132. The molecule has 0 saturated carbocycles. The third-order valence-corrected chi connectivity index (χ3v) is 5.87. The first-order chi connectivity index (χ1) is 7.91. The van der Waals surface area contributed by atoms with E-state index >= 15 is 0 Å². The van der Waals surface area contributed by atoms with E-state index in [0.717, 1.165) is 15.6 Å². The molecule has 0 aliphatic carbocycles. The maximum atomic E-state index is 12.1. The largest absolute Gasteiger partial charge is 0.343 e. The summed E-state index contributed by atoms with van der Waals surface area (Å²) in [6, 6.07) is 0. The first kappa shape index (κ1) is 12.7. The summed E-state index contributed by atoms with van der Waals surface area (Å²) in [5, 5.41) is 0.